The van der Waals surface area contributed by atoms with Crippen molar-refractivity contribution in [2.45, 2.75) is 19.4 Å². The van der Waals surface area contributed by atoms with Crippen LogP contribution in [0.15, 0.2) is 47.4 Å². The Labute approximate surface area is 122 Å². The summed E-state index contributed by atoms with van der Waals surface area (Å²) in [4.78, 5) is 4.15. The summed E-state index contributed by atoms with van der Waals surface area (Å²) < 4.78 is 0. The number of thiophene rings is 1. The summed E-state index contributed by atoms with van der Waals surface area (Å²) >= 11 is 1.74. The fourth-order valence-electron chi connectivity index (χ4n) is 2.42. The molecule has 0 saturated carbocycles. The molecule has 0 aliphatic rings. The topological polar surface area (TPSA) is 50.9 Å². The van der Waals surface area contributed by atoms with E-state index >= 15 is 0 Å². The van der Waals surface area contributed by atoms with Gasteiger partial charge in [0.25, 0.3) is 0 Å². The van der Waals surface area contributed by atoms with E-state index in [9.17, 15) is 0 Å². The number of benzene rings is 1. The zero-order valence-electron chi connectivity index (χ0n) is 11.3. The molecule has 1 aromatic carbocycles. The third kappa shape index (κ3) is 2.60. The maximum atomic E-state index is 6.00. The van der Waals surface area contributed by atoms with E-state index in [2.05, 4.69) is 34.1 Å². The molecule has 2 aromatic heterocycles. The van der Waals surface area contributed by atoms with Crippen molar-refractivity contribution in [3.8, 4) is 0 Å². The van der Waals surface area contributed by atoms with Gasteiger partial charge in [-0.3, -0.25) is 4.98 Å². The van der Waals surface area contributed by atoms with Gasteiger partial charge in [-0.1, -0.05) is 0 Å². The average Bonchev–Trinajstić information content (AvgIpc) is 2.95. The number of nitrogen functional groups attached to an aromatic ring is 1. The first-order valence-corrected chi connectivity index (χ1v) is 7.58. The molecule has 20 heavy (non-hydrogen) atoms. The molecule has 1 unspecified atom stereocenters. The summed E-state index contributed by atoms with van der Waals surface area (Å²) in [5.41, 5.74) is 9.25. The van der Waals surface area contributed by atoms with E-state index in [1.807, 2.05) is 24.4 Å². The summed E-state index contributed by atoms with van der Waals surface area (Å²) in [6.07, 6.45) is 4.64. The fourth-order valence-corrected chi connectivity index (χ4v) is 3.10. The minimum absolute atomic E-state index is 0.365. The van der Waals surface area contributed by atoms with Gasteiger partial charge in [0.15, 0.2) is 0 Å². The lowest BCUT2D eigenvalue weighted by atomic mass is 10.1. The van der Waals surface area contributed by atoms with E-state index < -0.39 is 0 Å². The highest BCUT2D eigenvalue weighted by Gasteiger charge is 2.08. The molecule has 0 saturated heterocycles. The number of anilines is 2. The van der Waals surface area contributed by atoms with Crippen molar-refractivity contribution >= 4 is 33.5 Å². The Morgan fingerprint density at radius 3 is 2.95 bits per heavy atom. The SMILES string of the molecule is CC(Cc1ccsc1)Nc1ccc(N)c2cnccc12. The summed E-state index contributed by atoms with van der Waals surface area (Å²) in [5, 5.41) is 10.0. The third-order valence-electron chi connectivity index (χ3n) is 3.38. The van der Waals surface area contributed by atoms with Crippen molar-refractivity contribution in [3.63, 3.8) is 0 Å². The van der Waals surface area contributed by atoms with E-state index in [-0.39, 0.29) is 0 Å². The number of rotatable bonds is 4. The van der Waals surface area contributed by atoms with Gasteiger partial charge in [0, 0.05) is 40.6 Å². The molecule has 0 aliphatic carbocycles. The molecule has 3 aromatic rings. The molecular weight excluding hydrogens is 266 g/mol. The predicted molar refractivity (Wildman–Crippen MR) is 87.3 cm³/mol. The van der Waals surface area contributed by atoms with Crippen LogP contribution in [0.1, 0.15) is 12.5 Å². The van der Waals surface area contributed by atoms with E-state index in [4.69, 9.17) is 5.73 Å². The van der Waals surface area contributed by atoms with Gasteiger partial charge < -0.3 is 11.1 Å². The van der Waals surface area contributed by atoms with Gasteiger partial charge in [0.05, 0.1) is 0 Å². The van der Waals surface area contributed by atoms with Gasteiger partial charge in [-0.05, 0) is 53.9 Å². The number of hydrogen-bond acceptors (Lipinski definition) is 4. The van der Waals surface area contributed by atoms with Crippen molar-refractivity contribution in [1.29, 1.82) is 0 Å². The second-order valence-corrected chi connectivity index (χ2v) is 5.78. The maximum Gasteiger partial charge on any atom is 0.0424 e. The zero-order valence-corrected chi connectivity index (χ0v) is 12.2. The van der Waals surface area contributed by atoms with Crippen LogP contribution >= 0.6 is 11.3 Å². The number of nitrogens with one attached hydrogen (secondary N) is 1. The van der Waals surface area contributed by atoms with Gasteiger partial charge in [-0.25, -0.2) is 0 Å². The first-order chi connectivity index (χ1) is 9.74. The molecular formula is C16H17N3S. The van der Waals surface area contributed by atoms with Crippen molar-refractivity contribution in [3.05, 3.63) is 53.0 Å². The number of fused-ring (bicyclic) bond motifs is 1. The molecule has 0 spiro atoms. The van der Waals surface area contributed by atoms with Gasteiger partial charge in [0.1, 0.15) is 0 Å². The summed E-state index contributed by atoms with van der Waals surface area (Å²) in [6, 6.07) is 8.52. The maximum absolute atomic E-state index is 6.00. The van der Waals surface area contributed by atoms with Crippen LogP contribution in [0, 0.1) is 0 Å². The van der Waals surface area contributed by atoms with Crippen LogP contribution in [0.4, 0.5) is 11.4 Å². The highest BCUT2D eigenvalue weighted by molar-refractivity contribution is 7.07. The Kier molecular flexibility index (Phi) is 3.56. The summed E-state index contributed by atoms with van der Waals surface area (Å²) in [6.45, 7) is 2.20. The minimum atomic E-state index is 0.365. The van der Waals surface area contributed by atoms with Crippen LogP contribution in [-0.4, -0.2) is 11.0 Å². The molecule has 0 aliphatic heterocycles. The van der Waals surface area contributed by atoms with Gasteiger partial charge in [-0.15, -0.1) is 0 Å². The zero-order chi connectivity index (χ0) is 13.9. The smallest absolute Gasteiger partial charge is 0.0424 e. The molecule has 3 nitrogen and oxygen atoms in total. The molecule has 0 fully saturated rings. The van der Waals surface area contributed by atoms with Crippen LogP contribution in [0.2, 0.25) is 0 Å². The van der Waals surface area contributed by atoms with Gasteiger partial charge >= 0.3 is 0 Å². The second kappa shape index (κ2) is 5.51. The predicted octanol–water partition coefficient (Wildman–Crippen LogP) is 3.92. The van der Waals surface area contributed by atoms with E-state index in [0.717, 1.165) is 28.6 Å². The molecule has 1 atom stereocenters. The van der Waals surface area contributed by atoms with Crippen molar-refractivity contribution in [1.82, 2.24) is 4.98 Å². The van der Waals surface area contributed by atoms with E-state index in [1.54, 1.807) is 17.5 Å². The quantitative estimate of drug-likeness (QED) is 0.713. The first kappa shape index (κ1) is 12.9. The lowest BCUT2D eigenvalue weighted by Crippen LogP contribution is -2.18. The molecule has 4 heteroatoms. The van der Waals surface area contributed by atoms with Gasteiger partial charge in [0.2, 0.25) is 0 Å². The second-order valence-electron chi connectivity index (χ2n) is 5.00. The summed E-state index contributed by atoms with van der Waals surface area (Å²) in [7, 11) is 0. The van der Waals surface area contributed by atoms with E-state index in [0.29, 0.717) is 6.04 Å². The highest BCUT2D eigenvalue weighted by Crippen LogP contribution is 2.28. The number of nitrogens with two attached hydrogens (primary N) is 1. The van der Waals surface area contributed by atoms with Crippen molar-refractivity contribution < 1.29 is 0 Å². The highest BCUT2D eigenvalue weighted by atomic mass is 32.1. The van der Waals surface area contributed by atoms with Crippen molar-refractivity contribution in [2.24, 2.45) is 0 Å². The Morgan fingerprint density at radius 2 is 2.15 bits per heavy atom. The molecule has 102 valence electrons. The molecule has 0 radical (unpaired) electrons. The molecule has 0 amide bonds. The fraction of sp³-hybridized carbons (Fsp3) is 0.188. The van der Waals surface area contributed by atoms with Crippen LogP contribution in [0.3, 0.4) is 0 Å². The normalized spacial score (nSPS) is 12.4. The lowest BCUT2D eigenvalue weighted by molar-refractivity contribution is 0.794. The van der Waals surface area contributed by atoms with Crippen molar-refractivity contribution in [2.75, 3.05) is 11.1 Å². The standard InChI is InChI=1S/C16H17N3S/c1-11(8-12-5-7-20-10-12)19-16-3-2-15(17)14-9-18-6-4-13(14)16/h2-7,9-11,19H,8,17H2,1H3. The monoisotopic (exact) mass is 283 g/mol. The molecule has 3 N–H and O–H groups in total. The Morgan fingerprint density at radius 1 is 1.25 bits per heavy atom. The van der Waals surface area contributed by atoms with Gasteiger partial charge in [-0.2, -0.15) is 11.3 Å². The molecule has 3 rings (SSSR count). The Hall–Kier alpha value is -2.07. The number of hydrogen-bond donors (Lipinski definition) is 2. The average molecular weight is 283 g/mol. The van der Waals surface area contributed by atoms with Crippen LogP contribution in [0.25, 0.3) is 10.8 Å². The van der Waals surface area contributed by atoms with E-state index in [1.165, 1.54) is 5.56 Å². The Balaban J connectivity index is 1.85. The van der Waals surface area contributed by atoms with Crippen LogP contribution < -0.4 is 11.1 Å². The van der Waals surface area contributed by atoms with Crippen LogP contribution in [-0.2, 0) is 6.42 Å². The molecule has 2 heterocycles. The number of aromatic nitrogens is 1. The molecule has 0 bridgehead atoms. The summed E-state index contributed by atoms with van der Waals surface area (Å²) in [5.74, 6) is 0. The lowest BCUT2D eigenvalue weighted by Gasteiger charge is -2.17. The minimum Gasteiger partial charge on any atom is -0.398 e. The number of pyridine rings is 1. The largest absolute Gasteiger partial charge is 0.398 e. The third-order valence-corrected chi connectivity index (χ3v) is 4.11. The van der Waals surface area contributed by atoms with Crippen LogP contribution in [0.5, 0.6) is 0 Å². The number of nitrogens with zero attached hydrogens (tertiary/aromatic N) is 1. The first-order valence-electron chi connectivity index (χ1n) is 6.64. The Bertz CT molecular complexity index is 707.